The van der Waals surface area contributed by atoms with Crippen LogP contribution in [0.15, 0.2) is 0 Å². The summed E-state index contributed by atoms with van der Waals surface area (Å²) in [7, 11) is 0. The van der Waals surface area contributed by atoms with E-state index in [9.17, 15) is 0 Å². The van der Waals surface area contributed by atoms with Crippen LogP contribution in [0.3, 0.4) is 0 Å². The fourth-order valence-corrected chi connectivity index (χ4v) is 3.10. The van der Waals surface area contributed by atoms with Crippen LogP contribution < -0.4 is 5.73 Å². The van der Waals surface area contributed by atoms with Gasteiger partial charge in [-0.25, -0.2) is 0 Å². The van der Waals surface area contributed by atoms with E-state index in [1.54, 1.807) is 0 Å². The molecule has 2 fully saturated rings. The van der Waals surface area contributed by atoms with E-state index in [-0.39, 0.29) is 5.60 Å². The zero-order valence-electron chi connectivity index (χ0n) is 10.7. The lowest BCUT2D eigenvalue weighted by atomic mass is 9.97. The fourth-order valence-electron chi connectivity index (χ4n) is 3.10. The standard InChI is InChI=1S/C13H26N2O/c1-13(2)10-15(7-8-16-13)9-12(14)11-5-3-4-6-11/h11-12H,3-10,14H2,1-2H3. The second kappa shape index (κ2) is 5.03. The third-order valence-corrected chi connectivity index (χ3v) is 3.98. The molecular formula is C13H26N2O. The van der Waals surface area contributed by atoms with Crippen molar-refractivity contribution in [3.8, 4) is 0 Å². The van der Waals surface area contributed by atoms with Crippen LogP contribution >= 0.6 is 0 Å². The summed E-state index contributed by atoms with van der Waals surface area (Å²) in [5.41, 5.74) is 6.32. The molecule has 0 radical (unpaired) electrons. The second-order valence-corrected chi connectivity index (χ2v) is 6.05. The number of rotatable bonds is 3. The van der Waals surface area contributed by atoms with Gasteiger partial charge in [0.2, 0.25) is 0 Å². The van der Waals surface area contributed by atoms with E-state index in [0.717, 1.165) is 32.2 Å². The molecule has 0 aromatic rings. The van der Waals surface area contributed by atoms with Crippen LogP contribution in [0.4, 0.5) is 0 Å². The van der Waals surface area contributed by atoms with Gasteiger partial charge in [0.1, 0.15) is 0 Å². The van der Waals surface area contributed by atoms with E-state index in [0.29, 0.717) is 6.04 Å². The Kier molecular flexibility index (Phi) is 3.88. The van der Waals surface area contributed by atoms with Gasteiger partial charge in [0.15, 0.2) is 0 Å². The van der Waals surface area contributed by atoms with Gasteiger partial charge in [-0.1, -0.05) is 12.8 Å². The molecule has 1 saturated heterocycles. The summed E-state index contributed by atoms with van der Waals surface area (Å²) in [6.45, 7) is 8.31. The minimum atomic E-state index is 0.00759. The largest absolute Gasteiger partial charge is 0.373 e. The summed E-state index contributed by atoms with van der Waals surface area (Å²) >= 11 is 0. The summed E-state index contributed by atoms with van der Waals surface area (Å²) in [6.07, 6.45) is 5.45. The number of hydrogen-bond donors (Lipinski definition) is 1. The molecule has 1 heterocycles. The minimum absolute atomic E-state index is 0.00759. The van der Waals surface area contributed by atoms with Gasteiger partial charge in [-0.15, -0.1) is 0 Å². The minimum Gasteiger partial charge on any atom is -0.373 e. The fraction of sp³-hybridized carbons (Fsp3) is 1.00. The van der Waals surface area contributed by atoms with Gasteiger partial charge >= 0.3 is 0 Å². The molecule has 1 aliphatic heterocycles. The Labute approximate surface area is 99.3 Å². The molecule has 0 aromatic carbocycles. The predicted molar refractivity (Wildman–Crippen MR) is 66.4 cm³/mol. The molecule has 0 bridgehead atoms. The molecule has 3 heteroatoms. The highest BCUT2D eigenvalue weighted by Crippen LogP contribution is 2.27. The molecule has 0 aromatic heterocycles. The monoisotopic (exact) mass is 226 g/mol. The lowest BCUT2D eigenvalue weighted by Crippen LogP contribution is -2.52. The lowest BCUT2D eigenvalue weighted by molar-refractivity contribution is -0.0878. The highest BCUT2D eigenvalue weighted by molar-refractivity contribution is 4.85. The topological polar surface area (TPSA) is 38.5 Å². The molecule has 1 aliphatic carbocycles. The highest BCUT2D eigenvalue weighted by atomic mass is 16.5. The molecule has 16 heavy (non-hydrogen) atoms. The van der Waals surface area contributed by atoms with Gasteiger partial charge < -0.3 is 10.5 Å². The van der Waals surface area contributed by atoms with Crippen LogP contribution in [0.5, 0.6) is 0 Å². The molecular weight excluding hydrogens is 200 g/mol. The Balaban J connectivity index is 1.79. The van der Waals surface area contributed by atoms with Gasteiger partial charge in [0.25, 0.3) is 0 Å². The molecule has 2 aliphatic rings. The van der Waals surface area contributed by atoms with Crippen molar-refractivity contribution in [2.75, 3.05) is 26.2 Å². The number of hydrogen-bond acceptors (Lipinski definition) is 3. The van der Waals surface area contributed by atoms with Crippen LogP contribution in [-0.2, 0) is 4.74 Å². The lowest BCUT2D eigenvalue weighted by Gasteiger charge is -2.39. The summed E-state index contributed by atoms with van der Waals surface area (Å²) < 4.78 is 5.72. The SMILES string of the molecule is CC1(C)CN(CC(N)C2CCCC2)CCO1. The molecule has 1 saturated carbocycles. The number of morpholine rings is 1. The normalized spacial score (nSPS) is 29.4. The summed E-state index contributed by atoms with van der Waals surface area (Å²) in [4.78, 5) is 2.48. The van der Waals surface area contributed by atoms with Crippen molar-refractivity contribution in [1.82, 2.24) is 4.90 Å². The van der Waals surface area contributed by atoms with Gasteiger partial charge in [-0.2, -0.15) is 0 Å². The number of nitrogens with zero attached hydrogens (tertiary/aromatic N) is 1. The average Bonchev–Trinajstić information content (AvgIpc) is 2.68. The molecule has 2 N–H and O–H groups in total. The van der Waals surface area contributed by atoms with Crippen molar-refractivity contribution >= 4 is 0 Å². The van der Waals surface area contributed by atoms with Crippen molar-refractivity contribution < 1.29 is 4.74 Å². The van der Waals surface area contributed by atoms with E-state index in [4.69, 9.17) is 10.5 Å². The third-order valence-electron chi connectivity index (χ3n) is 3.98. The van der Waals surface area contributed by atoms with Crippen LogP contribution in [-0.4, -0.2) is 42.8 Å². The van der Waals surface area contributed by atoms with Crippen LogP contribution in [0.25, 0.3) is 0 Å². The van der Waals surface area contributed by atoms with Crippen LogP contribution in [0.2, 0.25) is 0 Å². The Bertz CT molecular complexity index is 224. The van der Waals surface area contributed by atoms with Crippen molar-refractivity contribution in [3.05, 3.63) is 0 Å². The third kappa shape index (κ3) is 3.19. The highest BCUT2D eigenvalue weighted by Gasteiger charge is 2.30. The zero-order chi connectivity index (χ0) is 11.6. The van der Waals surface area contributed by atoms with Crippen LogP contribution in [0.1, 0.15) is 39.5 Å². The Morgan fingerprint density at radius 1 is 1.38 bits per heavy atom. The number of nitrogens with two attached hydrogens (primary N) is 1. The van der Waals surface area contributed by atoms with Crippen molar-refractivity contribution in [3.63, 3.8) is 0 Å². The molecule has 1 unspecified atom stereocenters. The maximum absolute atomic E-state index is 6.32. The van der Waals surface area contributed by atoms with Crippen LogP contribution in [0, 0.1) is 5.92 Å². The zero-order valence-corrected chi connectivity index (χ0v) is 10.7. The maximum atomic E-state index is 6.32. The summed E-state index contributed by atoms with van der Waals surface area (Å²) in [5.74, 6) is 0.769. The van der Waals surface area contributed by atoms with E-state index in [1.807, 2.05) is 0 Å². The van der Waals surface area contributed by atoms with Gasteiger partial charge in [-0.3, -0.25) is 4.90 Å². The summed E-state index contributed by atoms with van der Waals surface area (Å²) in [5, 5.41) is 0. The molecule has 2 rings (SSSR count). The first kappa shape index (κ1) is 12.3. The first-order chi connectivity index (χ1) is 7.57. The molecule has 0 spiro atoms. The second-order valence-electron chi connectivity index (χ2n) is 6.05. The predicted octanol–water partition coefficient (Wildman–Crippen LogP) is 1.61. The van der Waals surface area contributed by atoms with Crippen molar-refractivity contribution in [2.45, 2.75) is 51.2 Å². The van der Waals surface area contributed by atoms with E-state index < -0.39 is 0 Å². The molecule has 1 atom stereocenters. The maximum Gasteiger partial charge on any atom is 0.0753 e. The van der Waals surface area contributed by atoms with Gasteiger partial charge in [-0.05, 0) is 32.6 Å². The average molecular weight is 226 g/mol. The Morgan fingerprint density at radius 3 is 2.69 bits per heavy atom. The summed E-state index contributed by atoms with van der Waals surface area (Å²) in [6, 6.07) is 0.372. The smallest absolute Gasteiger partial charge is 0.0753 e. The Hall–Kier alpha value is -0.120. The quantitative estimate of drug-likeness (QED) is 0.794. The first-order valence-corrected chi connectivity index (χ1v) is 6.69. The van der Waals surface area contributed by atoms with Gasteiger partial charge in [0.05, 0.1) is 12.2 Å². The first-order valence-electron chi connectivity index (χ1n) is 6.69. The molecule has 94 valence electrons. The van der Waals surface area contributed by atoms with E-state index in [1.165, 1.54) is 25.7 Å². The Morgan fingerprint density at radius 2 is 2.06 bits per heavy atom. The molecule has 0 amide bonds. The van der Waals surface area contributed by atoms with Gasteiger partial charge in [0, 0.05) is 25.7 Å². The molecule has 3 nitrogen and oxygen atoms in total. The number of ether oxygens (including phenoxy) is 1. The van der Waals surface area contributed by atoms with Crippen molar-refractivity contribution in [1.29, 1.82) is 0 Å². The van der Waals surface area contributed by atoms with Crippen molar-refractivity contribution in [2.24, 2.45) is 11.7 Å². The van der Waals surface area contributed by atoms with E-state index >= 15 is 0 Å². The van der Waals surface area contributed by atoms with E-state index in [2.05, 4.69) is 18.7 Å².